The number of nitrogens with zero attached hydrogens (tertiary/aromatic N) is 5. The van der Waals surface area contributed by atoms with Crippen molar-refractivity contribution in [2.75, 3.05) is 18.0 Å². The van der Waals surface area contributed by atoms with Crippen LogP contribution >= 0.6 is 0 Å². The topological polar surface area (TPSA) is 45.2 Å². The molecule has 5 heteroatoms. The smallest absolute Gasteiger partial charge is 0.151 e. The van der Waals surface area contributed by atoms with E-state index in [-0.39, 0.29) is 0 Å². The van der Waals surface area contributed by atoms with Gasteiger partial charge in [-0.1, -0.05) is 6.07 Å². The third-order valence-corrected chi connectivity index (χ3v) is 4.86. The summed E-state index contributed by atoms with van der Waals surface area (Å²) >= 11 is 0. The van der Waals surface area contributed by atoms with Gasteiger partial charge in [0.25, 0.3) is 0 Å². The summed E-state index contributed by atoms with van der Waals surface area (Å²) in [5.41, 5.74) is 2.14. The van der Waals surface area contributed by atoms with E-state index in [2.05, 4.69) is 49.2 Å². The van der Waals surface area contributed by atoms with Gasteiger partial charge in [0.15, 0.2) is 5.82 Å². The molecule has 0 amide bonds. The fraction of sp³-hybridized carbons (Fsp3) is 0.471. The van der Waals surface area contributed by atoms with E-state index in [9.17, 15) is 0 Å². The first kappa shape index (κ1) is 13.6. The van der Waals surface area contributed by atoms with Crippen molar-refractivity contribution in [3.05, 3.63) is 47.9 Å². The number of fused-ring (bicyclic) bond motifs is 1. The van der Waals surface area contributed by atoms with Gasteiger partial charge in [0, 0.05) is 37.9 Å². The van der Waals surface area contributed by atoms with Gasteiger partial charge >= 0.3 is 0 Å². The Morgan fingerprint density at radius 1 is 1.05 bits per heavy atom. The Bertz CT molecular complexity index is 627. The van der Waals surface area contributed by atoms with Crippen LogP contribution in [0.25, 0.3) is 0 Å². The van der Waals surface area contributed by atoms with Gasteiger partial charge in [0.05, 0.1) is 11.4 Å². The average Bonchev–Trinajstić information content (AvgIpc) is 3.13. The lowest BCUT2D eigenvalue weighted by Gasteiger charge is -2.25. The van der Waals surface area contributed by atoms with E-state index < -0.39 is 0 Å². The predicted molar refractivity (Wildman–Crippen MR) is 85.6 cm³/mol. The Balaban J connectivity index is 1.48. The SMILES string of the molecule is Cc1ccc(N2CC[C@H]3[C@H]2CCN3Cc2ccccn2)nn1. The van der Waals surface area contributed by atoms with E-state index in [4.69, 9.17) is 0 Å². The fourth-order valence-corrected chi connectivity index (χ4v) is 3.80. The Kier molecular flexibility index (Phi) is 3.50. The summed E-state index contributed by atoms with van der Waals surface area (Å²) in [6, 6.07) is 11.5. The zero-order chi connectivity index (χ0) is 14.9. The lowest BCUT2D eigenvalue weighted by atomic mass is 10.1. The van der Waals surface area contributed by atoms with Crippen molar-refractivity contribution in [2.45, 2.75) is 38.4 Å². The zero-order valence-electron chi connectivity index (χ0n) is 12.9. The highest BCUT2D eigenvalue weighted by Gasteiger charge is 2.42. The van der Waals surface area contributed by atoms with Crippen LogP contribution < -0.4 is 4.90 Å². The number of likely N-dealkylation sites (tertiary alicyclic amines) is 1. The van der Waals surface area contributed by atoms with E-state index in [1.54, 1.807) is 0 Å². The summed E-state index contributed by atoms with van der Waals surface area (Å²) in [5, 5.41) is 8.58. The molecule has 2 aromatic rings. The number of hydrogen-bond donors (Lipinski definition) is 0. The third kappa shape index (κ3) is 2.46. The number of rotatable bonds is 3. The molecule has 4 heterocycles. The molecule has 0 aromatic carbocycles. The minimum absolute atomic E-state index is 0.570. The summed E-state index contributed by atoms with van der Waals surface area (Å²) < 4.78 is 0. The molecule has 0 saturated carbocycles. The maximum Gasteiger partial charge on any atom is 0.151 e. The van der Waals surface area contributed by atoms with Gasteiger partial charge in [0.2, 0.25) is 0 Å². The number of aromatic nitrogens is 3. The molecular formula is C17H21N5. The highest BCUT2D eigenvalue weighted by atomic mass is 15.4. The lowest BCUT2D eigenvalue weighted by molar-refractivity contribution is 0.243. The van der Waals surface area contributed by atoms with Crippen molar-refractivity contribution in [1.29, 1.82) is 0 Å². The average molecular weight is 295 g/mol. The number of pyridine rings is 1. The molecular weight excluding hydrogens is 274 g/mol. The number of aryl methyl sites for hydroxylation is 1. The summed E-state index contributed by atoms with van der Waals surface area (Å²) in [6.07, 6.45) is 4.28. The van der Waals surface area contributed by atoms with Crippen molar-refractivity contribution in [2.24, 2.45) is 0 Å². The molecule has 2 fully saturated rings. The van der Waals surface area contributed by atoms with Crippen LogP contribution in [0.5, 0.6) is 0 Å². The zero-order valence-corrected chi connectivity index (χ0v) is 12.9. The summed E-state index contributed by atoms with van der Waals surface area (Å²) in [4.78, 5) is 9.48. The van der Waals surface area contributed by atoms with Crippen LogP contribution in [0.2, 0.25) is 0 Å². The van der Waals surface area contributed by atoms with Crippen LogP contribution in [0, 0.1) is 6.92 Å². The van der Waals surface area contributed by atoms with Crippen molar-refractivity contribution >= 4 is 5.82 Å². The minimum atomic E-state index is 0.570. The molecule has 0 unspecified atom stereocenters. The Hall–Kier alpha value is -2.01. The standard InChI is InChI=1S/C17H21N5/c1-13-5-6-17(20-19-13)22-11-8-15-16(22)7-10-21(15)12-14-4-2-3-9-18-14/h2-6,9,15-16H,7-8,10-12H2,1H3/t15-,16+/m0/s1. The molecule has 0 N–H and O–H groups in total. The van der Waals surface area contributed by atoms with Crippen molar-refractivity contribution < 1.29 is 0 Å². The molecule has 2 aromatic heterocycles. The molecule has 2 saturated heterocycles. The molecule has 2 aliphatic heterocycles. The summed E-state index contributed by atoms with van der Waals surface area (Å²) in [7, 11) is 0. The first-order chi connectivity index (χ1) is 10.8. The predicted octanol–water partition coefficient (Wildman–Crippen LogP) is 2.03. The van der Waals surface area contributed by atoms with E-state index in [1.165, 1.54) is 12.8 Å². The Labute approximate surface area is 131 Å². The van der Waals surface area contributed by atoms with Crippen molar-refractivity contribution in [3.8, 4) is 0 Å². The van der Waals surface area contributed by atoms with Crippen LogP contribution in [-0.4, -0.2) is 45.3 Å². The van der Waals surface area contributed by atoms with E-state index in [1.807, 2.05) is 19.2 Å². The largest absolute Gasteiger partial charge is 0.350 e. The second kappa shape index (κ2) is 5.65. The highest BCUT2D eigenvalue weighted by molar-refractivity contribution is 5.42. The summed E-state index contributed by atoms with van der Waals surface area (Å²) in [6.45, 7) is 5.15. The molecule has 2 atom stereocenters. The molecule has 0 bridgehead atoms. The quantitative estimate of drug-likeness (QED) is 0.867. The molecule has 114 valence electrons. The molecule has 0 radical (unpaired) electrons. The molecule has 5 nitrogen and oxygen atoms in total. The first-order valence-corrected chi connectivity index (χ1v) is 8.02. The van der Waals surface area contributed by atoms with Crippen LogP contribution in [0.15, 0.2) is 36.5 Å². The molecule has 2 aliphatic rings. The molecule has 4 rings (SSSR count). The van der Waals surface area contributed by atoms with Gasteiger partial charge in [-0.15, -0.1) is 5.10 Å². The minimum Gasteiger partial charge on any atom is -0.350 e. The molecule has 22 heavy (non-hydrogen) atoms. The fourth-order valence-electron chi connectivity index (χ4n) is 3.80. The Morgan fingerprint density at radius 3 is 2.73 bits per heavy atom. The lowest BCUT2D eigenvalue weighted by Crippen LogP contribution is -2.36. The monoisotopic (exact) mass is 295 g/mol. The second-order valence-corrected chi connectivity index (χ2v) is 6.23. The molecule has 0 spiro atoms. The van der Waals surface area contributed by atoms with Crippen LogP contribution in [0.1, 0.15) is 24.2 Å². The van der Waals surface area contributed by atoms with Gasteiger partial charge in [-0.3, -0.25) is 9.88 Å². The number of hydrogen-bond acceptors (Lipinski definition) is 5. The van der Waals surface area contributed by atoms with E-state index in [0.29, 0.717) is 12.1 Å². The van der Waals surface area contributed by atoms with Crippen LogP contribution in [-0.2, 0) is 6.54 Å². The van der Waals surface area contributed by atoms with Gasteiger partial charge < -0.3 is 4.90 Å². The van der Waals surface area contributed by atoms with Gasteiger partial charge in [0.1, 0.15) is 0 Å². The molecule has 0 aliphatic carbocycles. The van der Waals surface area contributed by atoms with Gasteiger partial charge in [-0.2, -0.15) is 5.10 Å². The van der Waals surface area contributed by atoms with Crippen molar-refractivity contribution in [1.82, 2.24) is 20.1 Å². The van der Waals surface area contributed by atoms with Gasteiger partial charge in [-0.05, 0) is 44.0 Å². The Morgan fingerprint density at radius 2 is 1.95 bits per heavy atom. The van der Waals surface area contributed by atoms with E-state index >= 15 is 0 Å². The second-order valence-electron chi connectivity index (χ2n) is 6.23. The maximum absolute atomic E-state index is 4.47. The first-order valence-electron chi connectivity index (χ1n) is 8.02. The van der Waals surface area contributed by atoms with Crippen molar-refractivity contribution in [3.63, 3.8) is 0 Å². The third-order valence-electron chi connectivity index (χ3n) is 4.86. The normalized spacial score (nSPS) is 24.7. The van der Waals surface area contributed by atoms with Gasteiger partial charge in [-0.25, -0.2) is 0 Å². The van der Waals surface area contributed by atoms with E-state index in [0.717, 1.165) is 36.8 Å². The van der Waals surface area contributed by atoms with Crippen LogP contribution in [0.3, 0.4) is 0 Å². The highest BCUT2D eigenvalue weighted by Crippen LogP contribution is 2.34. The maximum atomic E-state index is 4.47. The summed E-state index contributed by atoms with van der Waals surface area (Å²) in [5.74, 6) is 1.03. The number of anilines is 1. The van der Waals surface area contributed by atoms with Crippen LogP contribution in [0.4, 0.5) is 5.82 Å².